The van der Waals surface area contributed by atoms with E-state index in [1.807, 2.05) is 6.07 Å². The summed E-state index contributed by atoms with van der Waals surface area (Å²) in [5, 5.41) is 4.66. The first-order valence-electron chi connectivity index (χ1n) is 30.8. The quantitative estimate of drug-likeness (QED) is 0.141. The highest BCUT2D eigenvalue weighted by Crippen LogP contribution is 2.51. The van der Waals surface area contributed by atoms with Gasteiger partial charge in [-0.15, -0.1) is 0 Å². The van der Waals surface area contributed by atoms with E-state index in [4.69, 9.17) is 4.42 Å². The van der Waals surface area contributed by atoms with Gasteiger partial charge in [-0.25, -0.2) is 0 Å². The molecule has 87 heavy (non-hydrogen) atoms. The molecule has 0 saturated carbocycles. The molecule has 0 atom stereocenters. The van der Waals surface area contributed by atoms with E-state index in [1.54, 1.807) is 0 Å². The van der Waals surface area contributed by atoms with Crippen LogP contribution in [0.1, 0.15) is 79.0 Å². The summed E-state index contributed by atoms with van der Waals surface area (Å²) in [7, 11) is 0. The molecule has 0 amide bonds. The van der Waals surface area contributed by atoms with Crippen LogP contribution in [0.5, 0.6) is 0 Å². The van der Waals surface area contributed by atoms with Crippen molar-refractivity contribution in [2.45, 2.75) is 78.6 Å². The van der Waals surface area contributed by atoms with Gasteiger partial charge in [0, 0.05) is 67.2 Å². The third-order valence-electron chi connectivity index (χ3n) is 18.3. The van der Waals surface area contributed by atoms with Crippen molar-refractivity contribution in [1.29, 1.82) is 0 Å². The number of para-hydroxylation sites is 2. The lowest BCUT2D eigenvalue weighted by atomic mass is 9.33. The van der Waals surface area contributed by atoms with Crippen molar-refractivity contribution in [3.05, 3.63) is 278 Å². The summed E-state index contributed by atoms with van der Waals surface area (Å²) in [5.41, 5.74) is 26.4. The molecule has 0 saturated heterocycles. The Hall–Kier alpha value is -9.84. The molecule has 0 radical (unpaired) electrons. The SMILES string of the molecule is CC(C)(C)c1ccc(N(c2ccc(C(C)(C)C)cc2)c2ccc3c(c2)N(c2ccc(-c4cccc5c4oc4ccccc45)cc2)c2cc(C(C)(C)C)cc4c2B3c2cc(-c3ccccc3)ccc2N4c2ccc(-c3ccccc3)c3ccccc23)cc1. The van der Waals surface area contributed by atoms with Gasteiger partial charge in [-0.05, 0) is 161 Å². The van der Waals surface area contributed by atoms with Gasteiger partial charge in [0.25, 0.3) is 6.71 Å². The third kappa shape index (κ3) is 9.22. The molecule has 13 aromatic rings. The first-order chi connectivity index (χ1) is 42.0. The van der Waals surface area contributed by atoms with Gasteiger partial charge in [0.1, 0.15) is 11.2 Å². The minimum Gasteiger partial charge on any atom is -0.455 e. The van der Waals surface area contributed by atoms with Crippen LogP contribution in [0.15, 0.2) is 265 Å². The number of anilines is 9. The average molecular weight is 1120 g/mol. The first-order valence-corrected chi connectivity index (χ1v) is 30.8. The van der Waals surface area contributed by atoms with Gasteiger partial charge in [-0.1, -0.05) is 244 Å². The van der Waals surface area contributed by atoms with Gasteiger partial charge in [0.05, 0.1) is 5.69 Å². The molecule has 0 fully saturated rings. The van der Waals surface area contributed by atoms with E-state index in [1.165, 1.54) is 83.2 Å². The van der Waals surface area contributed by atoms with Crippen molar-refractivity contribution in [3.63, 3.8) is 0 Å². The van der Waals surface area contributed by atoms with Gasteiger partial charge in [-0.3, -0.25) is 0 Å². The minimum absolute atomic E-state index is 0.00126. The fraction of sp³-hybridized carbons (Fsp3) is 0.146. The number of rotatable bonds is 8. The lowest BCUT2D eigenvalue weighted by Gasteiger charge is -2.45. The molecular formula is C82H70BN3O. The monoisotopic (exact) mass is 1120 g/mol. The van der Waals surface area contributed by atoms with E-state index in [0.717, 1.165) is 67.2 Å². The van der Waals surface area contributed by atoms with Gasteiger partial charge in [0.15, 0.2) is 0 Å². The van der Waals surface area contributed by atoms with Crippen LogP contribution in [-0.4, -0.2) is 6.71 Å². The second-order valence-corrected chi connectivity index (χ2v) is 27.0. The van der Waals surface area contributed by atoms with Gasteiger partial charge < -0.3 is 19.1 Å². The number of benzene rings is 12. The molecule has 2 aliphatic rings. The first kappa shape index (κ1) is 53.9. The minimum atomic E-state index is -0.221. The largest absolute Gasteiger partial charge is 0.455 e. The molecule has 4 nitrogen and oxygen atoms in total. The molecule has 15 rings (SSSR count). The molecule has 5 heteroatoms. The van der Waals surface area contributed by atoms with Crippen molar-refractivity contribution >= 4 is 107 Å². The van der Waals surface area contributed by atoms with Gasteiger partial charge >= 0.3 is 0 Å². The van der Waals surface area contributed by atoms with E-state index >= 15 is 0 Å². The van der Waals surface area contributed by atoms with Crippen LogP contribution in [0.3, 0.4) is 0 Å². The number of nitrogens with zero attached hydrogens (tertiary/aromatic N) is 3. The topological polar surface area (TPSA) is 22.9 Å². The molecule has 3 heterocycles. The maximum absolute atomic E-state index is 6.67. The zero-order chi connectivity index (χ0) is 59.5. The molecule has 2 aliphatic heterocycles. The number of furan rings is 1. The maximum atomic E-state index is 6.67. The summed E-state index contributed by atoms with van der Waals surface area (Å²) < 4.78 is 6.67. The highest BCUT2D eigenvalue weighted by Gasteiger charge is 2.45. The van der Waals surface area contributed by atoms with Crippen LogP contribution in [0.4, 0.5) is 51.2 Å². The van der Waals surface area contributed by atoms with Gasteiger partial charge in [0.2, 0.25) is 0 Å². The number of fused-ring (bicyclic) bond motifs is 8. The van der Waals surface area contributed by atoms with Crippen LogP contribution in [0, 0.1) is 0 Å². The molecule has 0 N–H and O–H groups in total. The van der Waals surface area contributed by atoms with Crippen molar-refractivity contribution in [3.8, 4) is 33.4 Å². The van der Waals surface area contributed by atoms with E-state index in [9.17, 15) is 0 Å². The summed E-state index contributed by atoms with van der Waals surface area (Å²) in [5.74, 6) is 0. The van der Waals surface area contributed by atoms with Crippen LogP contribution in [-0.2, 0) is 16.2 Å². The summed E-state index contributed by atoms with van der Waals surface area (Å²) in [6.07, 6.45) is 0. The Bertz CT molecular complexity index is 4730. The Kier molecular flexibility index (Phi) is 12.6. The summed E-state index contributed by atoms with van der Waals surface area (Å²) in [4.78, 5) is 7.64. The number of hydrogen-bond donors (Lipinski definition) is 0. The molecule has 12 aromatic carbocycles. The Balaban J connectivity index is 1.01. The zero-order valence-corrected chi connectivity index (χ0v) is 51.2. The Morgan fingerprint density at radius 1 is 0.322 bits per heavy atom. The van der Waals surface area contributed by atoms with E-state index in [0.29, 0.717) is 0 Å². The molecule has 1 aromatic heterocycles. The van der Waals surface area contributed by atoms with E-state index in [-0.39, 0.29) is 23.0 Å². The van der Waals surface area contributed by atoms with Crippen LogP contribution >= 0.6 is 0 Å². The van der Waals surface area contributed by atoms with Gasteiger partial charge in [-0.2, -0.15) is 0 Å². The molecule has 0 spiro atoms. The number of hydrogen-bond acceptors (Lipinski definition) is 4. The average Bonchev–Trinajstić information content (AvgIpc) is 1.13. The molecule has 0 unspecified atom stereocenters. The smallest absolute Gasteiger partial charge is 0.252 e. The third-order valence-corrected chi connectivity index (χ3v) is 18.3. The second kappa shape index (κ2) is 20.4. The predicted octanol–water partition coefficient (Wildman–Crippen LogP) is 21.2. The lowest BCUT2D eigenvalue weighted by Crippen LogP contribution is -2.61. The van der Waals surface area contributed by atoms with Crippen molar-refractivity contribution in [2.24, 2.45) is 0 Å². The highest BCUT2D eigenvalue weighted by molar-refractivity contribution is 7.00. The van der Waals surface area contributed by atoms with Crippen molar-refractivity contribution < 1.29 is 4.42 Å². The van der Waals surface area contributed by atoms with Crippen LogP contribution in [0.25, 0.3) is 66.1 Å². The van der Waals surface area contributed by atoms with E-state index in [2.05, 4.69) is 332 Å². The standard InChI is InChI=1S/C82H70BN3O/c1-80(2,3)57-34-40-60(41-35-57)84(61-42-36-58(37-43-61)81(4,5)6)63-44-46-70-74(52-63)85(62-38-31-55(32-39-62)65-28-20-29-69-68-27-18-19-30-77(68)87-79(65)69)75-50-59(82(7,8)9)51-76-78(75)83(70)71-49-56(53-21-12-10-13-22-53)33-47-73(71)86(76)72-48-45-64(54-23-14-11-15-24-54)66-25-16-17-26-67(66)72/h10-52H,1-9H3. The zero-order valence-electron chi connectivity index (χ0n) is 51.2. The fourth-order valence-corrected chi connectivity index (χ4v) is 13.7. The highest BCUT2D eigenvalue weighted by atomic mass is 16.3. The molecule has 0 bridgehead atoms. The lowest BCUT2D eigenvalue weighted by molar-refractivity contribution is 0.590. The Morgan fingerprint density at radius 3 is 1.49 bits per heavy atom. The summed E-state index contributed by atoms with van der Waals surface area (Å²) >= 11 is 0. The summed E-state index contributed by atoms with van der Waals surface area (Å²) in [6, 6.07) is 97.6. The van der Waals surface area contributed by atoms with E-state index < -0.39 is 0 Å². The molecule has 0 aliphatic carbocycles. The maximum Gasteiger partial charge on any atom is 0.252 e. The van der Waals surface area contributed by atoms with Crippen molar-refractivity contribution in [1.82, 2.24) is 0 Å². The molecule has 422 valence electrons. The Morgan fingerprint density at radius 2 is 0.851 bits per heavy atom. The van der Waals surface area contributed by atoms with Crippen LogP contribution < -0.4 is 31.1 Å². The Labute approximate surface area is 512 Å². The molecular weight excluding hydrogens is 1050 g/mol. The van der Waals surface area contributed by atoms with Crippen LogP contribution in [0.2, 0.25) is 0 Å². The summed E-state index contributed by atoms with van der Waals surface area (Å²) in [6.45, 7) is 20.7. The second-order valence-electron chi connectivity index (χ2n) is 27.0. The normalized spacial score (nSPS) is 13.0. The van der Waals surface area contributed by atoms with Crippen molar-refractivity contribution in [2.75, 3.05) is 14.7 Å². The fourth-order valence-electron chi connectivity index (χ4n) is 13.7. The predicted molar refractivity (Wildman–Crippen MR) is 372 cm³/mol.